The molecule has 1 rings (SSSR count). The molecule has 6 heteroatoms. The summed E-state index contributed by atoms with van der Waals surface area (Å²) in [7, 11) is 2.68. The minimum Gasteiger partial charge on any atom is -0.493 e. The third-order valence-electron chi connectivity index (χ3n) is 2.42. The Morgan fingerprint density at radius 3 is 2.17 bits per heavy atom. The van der Waals surface area contributed by atoms with Crippen LogP contribution in [0, 0.1) is 0 Å². The van der Waals surface area contributed by atoms with Gasteiger partial charge >= 0.3 is 5.97 Å². The molecule has 0 fully saturated rings. The molecule has 18 heavy (non-hydrogen) atoms. The molecule has 100 valence electrons. The van der Waals surface area contributed by atoms with Gasteiger partial charge in [-0.2, -0.15) is 0 Å². The molecule has 1 N–H and O–H groups in total. The zero-order valence-corrected chi connectivity index (χ0v) is 10.3. The van der Waals surface area contributed by atoms with Gasteiger partial charge in [-0.05, 0) is 17.7 Å². The van der Waals surface area contributed by atoms with E-state index < -0.39 is 18.3 Å². The predicted molar refractivity (Wildman–Crippen MR) is 60.5 cm³/mol. The largest absolute Gasteiger partial charge is 0.493 e. The fraction of sp³-hybridized carbons (Fsp3) is 0.417. The minimum absolute atomic E-state index is 0.00708. The first kappa shape index (κ1) is 14.2. The van der Waals surface area contributed by atoms with E-state index in [0.29, 0.717) is 6.92 Å². The summed E-state index contributed by atoms with van der Waals surface area (Å²) < 4.78 is 36.7. The standard InChI is InChI=1S/C12H14F2O4/c1-12(13,14)8-6-10(18-3)9(17-2)4-7(8)5-11(15)16/h4,6H,5H2,1-3H3,(H,15,16). The lowest BCUT2D eigenvalue weighted by molar-refractivity contribution is -0.136. The maximum Gasteiger partial charge on any atom is 0.307 e. The summed E-state index contributed by atoms with van der Waals surface area (Å²) >= 11 is 0. The molecule has 0 amide bonds. The summed E-state index contributed by atoms with van der Waals surface area (Å²) in [5.41, 5.74) is -0.366. The molecular formula is C12H14F2O4. The summed E-state index contributed by atoms with van der Waals surface area (Å²) in [5.74, 6) is -3.97. The molecule has 0 bridgehead atoms. The van der Waals surface area contributed by atoms with Crippen LogP contribution >= 0.6 is 0 Å². The Kier molecular flexibility index (Phi) is 4.11. The maximum absolute atomic E-state index is 13.4. The first-order valence-electron chi connectivity index (χ1n) is 5.14. The normalized spacial score (nSPS) is 11.2. The maximum atomic E-state index is 13.4. The molecule has 0 saturated carbocycles. The number of hydrogen-bond acceptors (Lipinski definition) is 3. The lowest BCUT2D eigenvalue weighted by Gasteiger charge is -2.18. The number of hydrogen-bond donors (Lipinski definition) is 1. The molecule has 0 saturated heterocycles. The van der Waals surface area contributed by atoms with Gasteiger partial charge in [0.05, 0.1) is 20.6 Å². The van der Waals surface area contributed by atoms with E-state index in [1.807, 2.05) is 0 Å². The zero-order valence-electron chi connectivity index (χ0n) is 10.3. The van der Waals surface area contributed by atoms with E-state index in [0.717, 1.165) is 6.07 Å². The molecule has 0 atom stereocenters. The van der Waals surface area contributed by atoms with Crippen LogP contribution in [-0.2, 0) is 17.1 Å². The molecule has 0 unspecified atom stereocenters. The number of carbonyl (C=O) groups is 1. The second-order valence-corrected chi connectivity index (χ2v) is 3.82. The number of rotatable bonds is 5. The minimum atomic E-state index is -3.15. The number of aliphatic carboxylic acids is 1. The highest BCUT2D eigenvalue weighted by molar-refractivity contribution is 5.71. The second-order valence-electron chi connectivity index (χ2n) is 3.82. The highest BCUT2D eigenvalue weighted by Crippen LogP contribution is 2.38. The molecule has 0 spiro atoms. The molecule has 0 aliphatic carbocycles. The van der Waals surface area contributed by atoms with Gasteiger partial charge in [0.1, 0.15) is 0 Å². The Hall–Kier alpha value is -1.85. The van der Waals surface area contributed by atoms with Crippen LogP contribution in [-0.4, -0.2) is 25.3 Å². The molecule has 0 radical (unpaired) electrons. The number of alkyl halides is 2. The van der Waals surface area contributed by atoms with E-state index >= 15 is 0 Å². The molecule has 0 aromatic heterocycles. The lowest BCUT2D eigenvalue weighted by atomic mass is 9.99. The number of carboxylic acid groups (broad SMARTS) is 1. The molecule has 4 nitrogen and oxygen atoms in total. The Balaban J connectivity index is 3.41. The van der Waals surface area contributed by atoms with E-state index in [-0.39, 0.29) is 22.6 Å². The van der Waals surface area contributed by atoms with E-state index in [4.69, 9.17) is 14.6 Å². The fourth-order valence-electron chi connectivity index (χ4n) is 1.64. The Labute approximate surface area is 103 Å². The van der Waals surface area contributed by atoms with E-state index in [1.54, 1.807) is 0 Å². The van der Waals surface area contributed by atoms with Gasteiger partial charge in [-0.3, -0.25) is 4.79 Å². The summed E-state index contributed by atoms with van der Waals surface area (Å²) in [6.07, 6.45) is -0.501. The van der Waals surface area contributed by atoms with Crippen LogP contribution in [0.15, 0.2) is 12.1 Å². The van der Waals surface area contributed by atoms with Gasteiger partial charge in [-0.15, -0.1) is 0 Å². The summed E-state index contributed by atoms with van der Waals surface area (Å²) in [5, 5.41) is 8.73. The lowest BCUT2D eigenvalue weighted by Crippen LogP contribution is -2.14. The number of methoxy groups -OCH3 is 2. The van der Waals surface area contributed by atoms with E-state index in [2.05, 4.69) is 0 Å². The molecule has 1 aromatic carbocycles. The first-order valence-corrected chi connectivity index (χ1v) is 5.14. The topological polar surface area (TPSA) is 55.8 Å². The third-order valence-corrected chi connectivity index (χ3v) is 2.42. The Morgan fingerprint density at radius 1 is 1.28 bits per heavy atom. The van der Waals surface area contributed by atoms with Gasteiger partial charge in [0, 0.05) is 12.5 Å². The van der Waals surface area contributed by atoms with Gasteiger partial charge in [0.15, 0.2) is 11.5 Å². The summed E-state index contributed by atoms with van der Waals surface area (Å²) in [6.45, 7) is 0.708. The van der Waals surface area contributed by atoms with Crippen LogP contribution in [0.1, 0.15) is 18.1 Å². The van der Waals surface area contributed by atoms with Gasteiger partial charge in [-0.25, -0.2) is 8.78 Å². The zero-order chi connectivity index (χ0) is 13.9. The summed E-state index contributed by atoms with van der Waals surface area (Å²) in [4.78, 5) is 10.7. The van der Waals surface area contributed by atoms with Crippen molar-refractivity contribution in [2.45, 2.75) is 19.3 Å². The average molecular weight is 260 g/mol. The van der Waals surface area contributed by atoms with Crippen LogP contribution in [0.3, 0.4) is 0 Å². The van der Waals surface area contributed by atoms with Crippen LogP contribution in [0.2, 0.25) is 0 Å². The van der Waals surface area contributed by atoms with Crippen molar-refractivity contribution in [2.24, 2.45) is 0 Å². The Morgan fingerprint density at radius 2 is 1.78 bits per heavy atom. The molecular weight excluding hydrogens is 246 g/mol. The van der Waals surface area contributed by atoms with Crippen LogP contribution in [0.4, 0.5) is 8.78 Å². The van der Waals surface area contributed by atoms with Gasteiger partial charge in [0.25, 0.3) is 5.92 Å². The van der Waals surface area contributed by atoms with Crippen LogP contribution in [0.25, 0.3) is 0 Å². The van der Waals surface area contributed by atoms with Crippen molar-refractivity contribution < 1.29 is 28.2 Å². The third kappa shape index (κ3) is 3.09. The quantitative estimate of drug-likeness (QED) is 0.883. The molecule has 1 aromatic rings. The number of ether oxygens (including phenoxy) is 2. The van der Waals surface area contributed by atoms with Crippen molar-refractivity contribution in [3.63, 3.8) is 0 Å². The van der Waals surface area contributed by atoms with Crippen molar-refractivity contribution in [3.05, 3.63) is 23.3 Å². The highest BCUT2D eigenvalue weighted by Gasteiger charge is 2.30. The fourth-order valence-corrected chi connectivity index (χ4v) is 1.64. The van der Waals surface area contributed by atoms with Crippen molar-refractivity contribution in [2.75, 3.05) is 14.2 Å². The van der Waals surface area contributed by atoms with E-state index in [9.17, 15) is 13.6 Å². The van der Waals surface area contributed by atoms with Crippen LogP contribution < -0.4 is 9.47 Å². The number of carboxylic acids is 1. The molecule has 0 aliphatic heterocycles. The van der Waals surface area contributed by atoms with Crippen LogP contribution in [0.5, 0.6) is 11.5 Å². The monoisotopic (exact) mass is 260 g/mol. The number of benzene rings is 1. The van der Waals surface area contributed by atoms with Gasteiger partial charge in [0.2, 0.25) is 0 Å². The van der Waals surface area contributed by atoms with E-state index in [1.165, 1.54) is 20.3 Å². The average Bonchev–Trinajstić information content (AvgIpc) is 2.26. The molecule has 0 heterocycles. The van der Waals surface area contributed by atoms with Gasteiger partial charge < -0.3 is 14.6 Å². The predicted octanol–water partition coefficient (Wildman–Crippen LogP) is 2.44. The first-order chi connectivity index (χ1) is 8.29. The number of halogens is 2. The summed E-state index contributed by atoms with van der Waals surface area (Å²) in [6, 6.07) is 2.37. The Bertz CT molecular complexity index is 452. The molecule has 0 aliphatic rings. The van der Waals surface area contributed by atoms with Gasteiger partial charge in [-0.1, -0.05) is 0 Å². The van der Waals surface area contributed by atoms with Crippen molar-refractivity contribution >= 4 is 5.97 Å². The smallest absolute Gasteiger partial charge is 0.307 e. The SMILES string of the molecule is COc1cc(CC(=O)O)c(C(C)(F)F)cc1OC. The van der Waals surface area contributed by atoms with Crippen molar-refractivity contribution in [3.8, 4) is 11.5 Å². The second kappa shape index (κ2) is 5.20. The highest BCUT2D eigenvalue weighted by atomic mass is 19.3. The van der Waals surface area contributed by atoms with Crippen molar-refractivity contribution in [1.82, 2.24) is 0 Å². The van der Waals surface area contributed by atoms with Crippen molar-refractivity contribution in [1.29, 1.82) is 0 Å².